The minimum Gasteiger partial charge on any atom is -0.348 e. The number of hydrogen-bond acceptors (Lipinski definition) is 3. The van der Waals surface area contributed by atoms with Gasteiger partial charge in [0.2, 0.25) is 0 Å². The maximum absolute atomic E-state index is 12.5. The molecule has 0 atom stereocenters. The second kappa shape index (κ2) is 10.8. The van der Waals surface area contributed by atoms with Gasteiger partial charge in [0.1, 0.15) is 0 Å². The molecule has 0 spiro atoms. The van der Waals surface area contributed by atoms with Crippen LogP contribution >= 0.6 is 0 Å². The number of anilines is 1. The standard InChI is InChI=1S/C21H25N3O3/c1-2-3-9-14-22-20(26)21(27)24-18-13-8-7-12-17(18)19(25)23-15-16-10-5-4-6-11-16/h4-8,10-13H,2-3,9,14-15H2,1H3,(H,22,26)(H,23,25)(H,24,27). The summed E-state index contributed by atoms with van der Waals surface area (Å²) < 4.78 is 0. The first-order valence-electron chi connectivity index (χ1n) is 9.12. The molecule has 3 N–H and O–H groups in total. The molecule has 0 radical (unpaired) electrons. The Morgan fingerprint density at radius 2 is 1.52 bits per heavy atom. The van der Waals surface area contributed by atoms with Crippen molar-refractivity contribution >= 4 is 23.4 Å². The van der Waals surface area contributed by atoms with E-state index in [0.29, 0.717) is 24.3 Å². The number of nitrogens with one attached hydrogen (secondary N) is 3. The molecule has 0 bridgehead atoms. The number of benzene rings is 2. The lowest BCUT2D eigenvalue weighted by atomic mass is 10.1. The van der Waals surface area contributed by atoms with Gasteiger partial charge in [0, 0.05) is 13.1 Å². The van der Waals surface area contributed by atoms with E-state index >= 15 is 0 Å². The molecule has 0 heterocycles. The third kappa shape index (κ3) is 6.58. The molecule has 0 unspecified atom stereocenters. The molecule has 3 amide bonds. The van der Waals surface area contributed by atoms with Crippen molar-refractivity contribution in [3.63, 3.8) is 0 Å². The van der Waals surface area contributed by atoms with Crippen molar-refractivity contribution in [2.75, 3.05) is 11.9 Å². The van der Waals surface area contributed by atoms with E-state index in [4.69, 9.17) is 0 Å². The van der Waals surface area contributed by atoms with Crippen molar-refractivity contribution < 1.29 is 14.4 Å². The second-order valence-corrected chi connectivity index (χ2v) is 6.13. The summed E-state index contributed by atoms with van der Waals surface area (Å²) in [7, 11) is 0. The van der Waals surface area contributed by atoms with Gasteiger partial charge in [-0.05, 0) is 24.1 Å². The van der Waals surface area contributed by atoms with Crippen LogP contribution in [-0.4, -0.2) is 24.3 Å². The summed E-state index contributed by atoms with van der Waals surface area (Å²) in [6.07, 6.45) is 2.86. The molecule has 0 saturated heterocycles. The number of rotatable bonds is 8. The van der Waals surface area contributed by atoms with Crippen LogP contribution in [0.1, 0.15) is 42.1 Å². The quantitative estimate of drug-likeness (QED) is 0.495. The topological polar surface area (TPSA) is 87.3 Å². The number of amides is 3. The lowest BCUT2D eigenvalue weighted by molar-refractivity contribution is -0.136. The molecule has 0 fully saturated rings. The highest BCUT2D eigenvalue weighted by Crippen LogP contribution is 2.15. The molecule has 0 saturated carbocycles. The fourth-order valence-electron chi connectivity index (χ4n) is 2.50. The Hall–Kier alpha value is -3.15. The summed E-state index contributed by atoms with van der Waals surface area (Å²) in [4.78, 5) is 36.4. The first kappa shape index (κ1) is 20.2. The number of para-hydroxylation sites is 1. The number of unbranched alkanes of at least 4 members (excludes halogenated alkanes) is 2. The average molecular weight is 367 g/mol. The van der Waals surface area contributed by atoms with Crippen LogP contribution in [0.25, 0.3) is 0 Å². The maximum Gasteiger partial charge on any atom is 0.313 e. The van der Waals surface area contributed by atoms with Crippen molar-refractivity contribution in [3.05, 3.63) is 65.7 Å². The zero-order valence-corrected chi connectivity index (χ0v) is 15.5. The van der Waals surface area contributed by atoms with Crippen LogP contribution in [0.5, 0.6) is 0 Å². The summed E-state index contributed by atoms with van der Waals surface area (Å²) in [5.74, 6) is -1.81. The van der Waals surface area contributed by atoms with Gasteiger partial charge in [-0.3, -0.25) is 14.4 Å². The highest BCUT2D eigenvalue weighted by molar-refractivity contribution is 6.40. The fourth-order valence-corrected chi connectivity index (χ4v) is 2.50. The van der Waals surface area contributed by atoms with Crippen molar-refractivity contribution in [3.8, 4) is 0 Å². The van der Waals surface area contributed by atoms with Crippen molar-refractivity contribution in [1.29, 1.82) is 0 Å². The highest BCUT2D eigenvalue weighted by Gasteiger charge is 2.17. The lowest BCUT2D eigenvalue weighted by Gasteiger charge is -2.11. The third-order valence-corrected chi connectivity index (χ3v) is 3.99. The van der Waals surface area contributed by atoms with Gasteiger partial charge in [-0.2, -0.15) is 0 Å². The Morgan fingerprint density at radius 3 is 2.26 bits per heavy atom. The minimum absolute atomic E-state index is 0.303. The molecular formula is C21H25N3O3. The summed E-state index contributed by atoms with van der Waals surface area (Å²) in [6.45, 7) is 2.90. The molecule has 2 aromatic rings. The van der Waals surface area contributed by atoms with Crippen molar-refractivity contribution in [2.45, 2.75) is 32.7 Å². The number of carbonyl (C=O) groups is 3. The van der Waals surface area contributed by atoms with Crippen LogP contribution in [0.15, 0.2) is 54.6 Å². The van der Waals surface area contributed by atoms with E-state index in [1.54, 1.807) is 24.3 Å². The van der Waals surface area contributed by atoms with E-state index < -0.39 is 11.8 Å². The molecule has 6 nitrogen and oxygen atoms in total. The second-order valence-electron chi connectivity index (χ2n) is 6.13. The predicted octanol–water partition coefficient (Wildman–Crippen LogP) is 2.86. The first-order valence-corrected chi connectivity index (χ1v) is 9.12. The molecule has 27 heavy (non-hydrogen) atoms. The van der Waals surface area contributed by atoms with Crippen molar-refractivity contribution in [2.24, 2.45) is 0 Å². The number of hydrogen-bond donors (Lipinski definition) is 3. The smallest absolute Gasteiger partial charge is 0.313 e. The Kier molecular flexibility index (Phi) is 8.03. The van der Waals surface area contributed by atoms with E-state index in [1.807, 2.05) is 30.3 Å². The van der Waals surface area contributed by atoms with Gasteiger partial charge in [0.05, 0.1) is 11.3 Å². The summed E-state index contributed by atoms with van der Waals surface area (Å²) in [5.41, 5.74) is 1.58. The van der Waals surface area contributed by atoms with E-state index in [-0.39, 0.29) is 5.91 Å². The van der Waals surface area contributed by atoms with Gasteiger partial charge in [0.25, 0.3) is 5.91 Å². The minimum atomic E-state index is -0.783. The molecular weight excluding hydrogens is 342 g/mol. The van der Waals surface area contributed by atoms with Gasteiger partial charge in [-0.15, -0.1) is 0 Å². The average Bonchev–Trinajstić information content (AvgIpc) is 2.70. The van der Waals surface area contributed by atoms with Gasteiger partial charge in [-0.1, -0.05) is 62.2 Å². The Morgan fingerprint density at radius 1 is 0.815 bits per heavy atom. The Labute approximate surface area is 159 Å². The summed E-state index contributed by atoms with van der Waals surface area (Å²) in [6, 6.07) is 16.1. The Bertz CT molecular complexity index is 775. The normalized spacial score (nSPS) is 10.1. The van der Waals surface area contributed by atoms with Gasteiger partial charge in [-0.25, -0.2) is 0 Å². The van der Waals surface area contributed by atoms with E-state index in [1.165, 1.54) is 0 Å². The van der Waals surface area contributed by atoms with Crippen LogP contribution in [0, 0.1) is 0 Å². The van der Waals surface area contributed by atoms with E-state index in [9.17, 15) is 14.4 Å². The van der Waals surface area contributed by atoms with Gasteiger partial charge >= 0.3 is 11.8 Å². The fraction of sp³-hybridized carbons (Fsp3) is 0.286. The first-order chi connectivity index (χ1) is 13.1. The summed E-state index contributed by atoms with van der Waals surface area (Å²) in [5, 5.41) is 7.92. The number of carbonyl (C=O) groups excluding carboxylic acids is 3. The molecule has 2 rings (SSSR count). The van der Waals surface area contributed by atoms with Crippen molar-refractivity contribution in [1.82, 2.24) is 10.6 Å². The molecule has 0 aromatic heterocycles. The molecule has 142 valence electrons. The highest BCUT2D eigenvalue weighted by atomic mass is 16.2. The van der Waals surface area contributed by atoms with E-state index in [0.717, 1.165) is 24.8 Å². The molecule has 6 heteroatoms. The molecule has 2 aromatic carbocycles. The Balaban J connectivity index is 1.95. The lowest BCUT2D eigenvalue weighted by Crippen LogP contribution is -2.36. The van der Waals surface area contributed by atoms with Crippen LogP contribution in [-0.2, 0) is 16.1 Å². The zero-order chi connectivity index (χ0) is 19.5. The van der Waals surface area contributed by atoms with Gasteiger partial charge < -0.3 is 16.0 Å². The maximum atomic E-state index is 12.5. The monoisotopic (exact) mass is 367 g/mol. The zero-order valence-electron chi connectivity index (χ0n) is 15.5. The summed E-state index contributed by atoms with van der Waals surface area (Å²) >= 11 is 0. The van der Waals surface area contributed by atoms with E-state index in [2.05, 4.69) is 22.9 Å². The predicted molar refractivity (Wildman–Crippen MR) is 105 cm³/mol. The third-order valence-electron chi connectivity index (χ3n) is 3.99. The molecule has 0 aliphatic heterocycles. The largest absolute Gasteiger partial charge is 0.348 e. The van der Waals surface area contributed by atoms with Crippen LogP contribution < -0.4 is 16.0 Å². The van der Waals surface area contributed by atoms with Crippen LogP contribution in [0.3, 0.4) is 0 Å². The molecule has 0 aliphatic rings. The SMILES string of the molecule is CCCCCNC(=O)C(=O)Nc1ccccc1C(=O)NCc1ccccc1. The van der Waals surface area contributed by atoms with Crippen LogP contribution in [0.2, 0.25) is 0 Å². The van der Waals surface area contributed by atoms with Gasteiger partial charge in [0.15, 0.2) is 0 Å². The van der Waals surface area contributed by atoms with Crippen LogP contribution in [0.4, 0.5) is 5.69 Å². The molecule has 0 aliphatic carbocycles.